The van der Waals surface area contributed by atoms with Crippen LogP contribution in [0.2, 0.25) is 0 Å². The lowest BCUT2D eigenvalue weighted by Gasteiger charge is -2.31. The van der Waals surface area contributed by atoms with Gasteiger partial charge in [0.2, 0.25) is 17.6 Å². The maximum atomic E-state index is 12.5. The van der Waals surface area contributed by atoms with Crippen molar-refractivity contribution >= 4 is 17.7 Å². The Balaban J connectivity index is 1.59. The van der Waals surface area contributed by atoms with Gasteiger partial charge in [-0.1, -0.05) is 22.9 Å². The number of amides is 1. The van der Waals surface area contributed by atoms with Crippen LogP contribution in [0.15, 0.2) is 27.6 Å². The van der Waals surface area contributed by atoms with Crippen LogP contribution >= 0.6 is 11.8 Å². The highest BCUT2D eigenvalue weighted by Gasteiger charge is 2.28. The summed E-state index contributed by atoms with van der Waals surface area (Å²) in [4.78, 5) is 19.7. The molecule has 1 atom stereocenters. The van der Waals surface area contributed by atoms with Gasteiger partial charge in [-0.15, -0.1) is 11.8 Å². The Morgan fingerprint density at radius 3 is 2.96 bits per heavy atom. The van der Waals surface area contributed by atoms with E-state index in [1.165, 1.54) is 11.1 Å². The van der Waals surface area contributed by atoms with Crippen molar-refractivity contribution in [2.45, 2.75) is 31.8 Å². The number of carbonyl (C=O) groups excluding carboxylic acids is 1. The SMILES string of the molecule is Cc1ccc(C)c(SCC(=O)N2CCO[C@@H](c3noc(C)n3)C2)c1. The van der Waals surface area contributed by atoms with E-state index in [2.05, 4.69) is 42.2 Å². The summed E-state index contributed by atoms with van der Waals surface area (Å²) in [6.45, 7) is 7.41. The Kier molecular flexibility index (Phi) is 5.20. The average Bonchev–Trinajstić information content (AvgIpc) is 3.02. The Morgan fingerprint density at radius 1 is 1.38 bits per heavy atom. The third kappa shape index (κ3) is 3.96. The smallest absolute Gasteiger partial charge is 0.233 e. The summed E-state index contributed by atoms with van der Waals surface area (Å²) < 4.78 is 10.7. The number of morpholine rings is 1. The first-order chi connectivity index (χ1) is 11.5. The molecule has 1 aromatic carbocycles. The van der Waals surface area contributed by atoms with Gasteiger partial charge in [0, 0.05) is 18.4 Å². The highest BCUT2D eigenvalue weighted by Crippen LogP contribution is 2.25. The van der Waals surface area contributed by atoms with Gasteiger partial charge in [0.15, 0.2) is 0 Å². The molecular weight excluding hydrogens is 326 g/mol. The van der Waals surface area contributed by atoms with Crippen LogP contribution in [0.4, 0.5) is 0 Å². The van der Waals surface area contributed by atoms with Crippen molar-refractivity contribution in [2.24, 2.45) is 0 Å². The summed E-state index contributed by atoms with van der Waals surface area (Å²) in [5.74, 6) is 1.53. The standard InChI is InChI=1S/C17H21N3O3S/c1-11-4-5-12(2)15(8-11)24-10-16(21)20-6-7-22-14(9-20)17-18-13(3)23-19-17/h4-5,8,14H,6-7,9-10H2,1-3H3/t14-/m1/s1. The summed E-state index contributed by atoms with van der Waals surface area (Å²) >= 11 is 1.58. The van der Waals surface area contributed by atoms with Crippen molar-refractivity contribution in [1.82, 2.24) is 15.0 Å². The molecule has 0 spiro atoms. The molecule has 0 saturated carbocycles. The summed E-state index contributed by atoms with van der Waals surface area (Å²) in [5.41, 5.74) is 2.40. The molecule has 128 valence electrons. The van der Waals surface area contributed by atoms with E-state index in [9.17, 15) is 4.79 Å². The lowest BCUT2D eigenvalue weighted by Crippen LogP contribution is -2.43. The molecule has 0 unspecified atom stereocenters. The van der Waals surface area contributed by atoms with Crippen LogP contribution < -0.4 is 0 Å². The first-order valence-corrected chi connectivity index (χ1v) is 8.91. The molecule has 0 bridgehead atoms. The fraction of sp³-hybridized carbons (Fsp3) is 0.471. The second-order valence-corrected chi connectivity index (χ2v) is 6.95. The second-order valence-electron chi connectivity index (χ2n) is 5.93. The molecule has 24 heavy (non-hydrogen) atoms. The zero-order valence-corrected chi connectivity index (χ0v) is 14.9. The number of ether oxygens (including phenoxy) is 1. The minimum absolute atomic E-state index is 0.106. The fourth-order valence-electron chi connectivity index (χ4n) is 2.57. The first-order valence-electron chi connectivity index (χ1n) is 7.92. The van der Waals surface area contributed by atoms with Crippen LogP contribution in [0.3, 0.4) is 0 Å². The van der Waals surface area contributed by atoms with Crippen LogP contribution in [0.1, 0.15) is 28.9 Å². The van der Waals surface area contributed by atoms with E-state index < -0.39 is 0 Å². The average molecular weight is 347 g/mol. The van der Waals surface area contributed by atoms with Gasteiger partial charge in [-0.05, 0) is 25.5 Å². The van der Waals surface area contributed by atoms with E-state index in [1.54, 1.807) is 18.7 Å². The van der Waals surface area contributed by atoms with Crippen molar-refractivity contribution in [2.75, 3.05) is 25.4 Å². The van der Waals surface area contributed by atoms with E-state index in [1.807, 2.05) is 4.90 Å². The number of carbonyl (C=O) groups is 1. The minimum atomic E-state index is -0.314. The summed E-state index contributed by atoms with van der Waals surface area (Å²) in [7, 11) is 0. The molecule has 3 rings (SSSR count). The zero-order chi connectivity index (χ0) is 17.1. The highest BCUT2D eigenvalue weighted by molar-refractivity contribution is 8.00. The van der Waals surface area contributed by atoms with Gasteiger partial charge in [0.1, 0.15) is 6.10 Å². The number of aromatic nitrogens is 2. The maximum absolute atomic E-state index is 12.5. The van der Waals surface area contributed by atoms with Crippen molar-refractivity contribution in [1.29, 1.82) is 0 Å². The van der Waals surface area contributed by atoms with Gasteiger partial charge in [-0.2, -0.15) is 4.98 Å². The predicted molar refractivity (Wildman–Crippen MR) is 90.9 cm³/mol. The molecule has 7 heteroatoms. The third-order valence-corrected chi connectivity index (χ3v) is 5.09. The number of nitrogens with zero attached hydrogens (tertiary/aromatic N) is 3. The number of benzene rings is 1. The molecule has 1 fully saturated rings. The third-order valence-electron chi connectivity index (χ3n) is 3.95. The van der Waals surface area contributed by atoms with E-state index in [0.717, 1.165) is 4.90 Å². The van der Waals surface area contributed by atoms with E-state index in [0.29, 0.717) is 37.2 Å². The van der Waals surface area contributed by atoms with Gasteiger partial charge in [0.05, 0.1) is 18.9 Å². The molecule has 1 saturated heterocycles. The molecule has 6 nitrogen and oxygen atoms in total. The van der Waals surface area contributed by atoms with Gasteiger partial charge >= 0.3 is 0 Å². The van der Waals surface area contributed by atoms with E-state index in [-0.39, 0.29) is 12.0 Å². The molecule has 1 amide bonds. The maximum Gasteiger partial charge on any atom is 0.233 e. The van der Waals surface area contributed by atoms with Gasteiger partial charge in [0.25, 0.3) is 0 Å². The van der Waals surface area contributed by atoms with Crippen molar-refractivity contribution in [3.05, 3.63) is 41.0 Å². The molecule has 0 aliphatic carbocycles. The largest absolute Gasteiger partial charge is 0.366 e. The molecule has 1 aliphatic rings. The van der Waals surface area contributed by atoms with Gasteiger partial charge < -0.3 is 14.2 Å². The van der Waals surface area contributed by atoms with Crippen molar-refractivity contribution < 1.29 is 14.1 Å². The number of aryl methyl sites for hydroxylation is 3. The Labute approximate surface area is 145 Å². The molecule has 0 N–H and O–H groups in total. The number of rotatable bonds is 4. The summed E-state index contributed by atoms with van der Waals surface area (Å²) in [5, 5.41) is 3.89. The second kappa shape index (κ2) is 7.36. The van der Waals surface area contributed by atoms with E-state index >= 15 is 0 Å². The fourth-order valence-corrected chi connectivity index (χ4v) is 3.60. The molecule has 1 aliphatic heterocycles. The number of hydrogen-bond acceptors (Lipinski definition) is 6. The highest BCUT2D eigenvalue weighted by atomic mass is 32.2. The predicted octanol–water partition coefficient (Wildman–Crippen LogP) is 2.69. The van der Waals surface area contributed by atoms with Crippen LogP contribution in [0.25, 0.3) is 0 Å². The first kappa shape index (κ1) is 17.0. The lowest BCUT2D eigenvalue weighted by molar-refractivity contribution is -0.136. The summed E-state index contributed by atoms with van der Waals surface area (Å²) in [6, 6.07) is 6.30. The quantitative estimate of drug-likeness (QED) is 0.792. The normalized spacial score (nSPS) is 18.0. The molecule has 0 radical (unpaired) electrons. The Hall–Kier alpha value is -1.86. The Bertz CT molecular complexity index is 732. The molecular formula is C17H21N3O3S. The van der Waals surface area contributed by atoms with Crippen LogP contribution in [0.5, 0.6) is 0 Å². The molecule has 2 aromatic rings. The molecule has 2 heterocycles. The Morgan fingerprint density at radius 2 is 2.21 bits per heavy atom. The number of thioether (sulfide) groups is 1. The monoisotopic (exact) mass is 347 g/mol. The van der Waals surface area contributed by atoms with Crippen molar-refractivity contribution in [3.63, 3.8) is 0 Å². The number of hydrogen-bond donors (Lipinski definition) is 0. The van der Waals surface area contributed by atoms with Crippen LogP contribution in [-0.2, 0) is 9.53 Å². The van der Waals surface area contributed by atoms with E-state index in [4.69, 9.17) is 9.26 Å². The molecule has 1 aromatic heterocycles. The van der Waals surface area contributed by atoms with Gasteiger partial charge in [-0.25, -0.2) is 0 Å². The summed E-state index contributed by atoms with van der Waals surface area (Å²) in [6.07, 6.45) is -0.314. The van der Waals surface area contributed by atoms with Crippen molar-refractivity contribution in [3.8, 4) is 0 Å². The lowest BCUT2D eigenvalue weighted by atomic mass is 10.2. The topological polar surface area (TPSA) is 68.5 Å². The van der Waals surface area contributed by atoms with Crippen LogP contribution in [-0.4, -0.2) is 46.4 Å². The van der Waals surface area contributed by atoms with Crippen LogP contribution in [0, 0.1) is 20.8 Å². The van der Waals surface area contributed by atoms with Gasteiger partial charge in [-0.3, -0.25) is 4.79 Å². The zero-order valence-electron chi connectivity index (χ0n) is 14.1. The minimum Gasteiger partial charge on any atom is -0.366 e.